The van der Waals surface area contributed by atoms with E-state index in [4.69, 9.17) is 15.0 Å². The highest BCUT2D eigenvalue weighted by Crippen LogP contribution is 2.36. The van der Waals surface area contributed by atoms with Crippen molar-refractivity contribution in [3.63, 3.8) is 0 Å². The molecule has 160 valence electrons. The highest BCUT2D eigenvalue weighted by molar-refractivity contribution is 7.17. The molecule has 0 aliphatic carbocycles. The van der Waals surface area contributed by atoms with Crippen molar-refractivity contribution >= 4 is 43.2 Å². The van der Waals surface area contributed by atoms with Gasteiger partial charge in [0.25, 0.3) is 0 Å². The minimum atomic E-state index is 0.619. The number of para-hydroxylation sites is 1. The second kappa shape index (κ2) is 7.61. The number of aromatic nitrogens is 4. The van der Waals surface area contributed by atoms with Crippen LogP contribution < -0.4 is 0 Å². The molecule has 0 saturated heterocycles. The molecule has 7 rings (SSSR count). The molecule has 0 bridgehead atoms. The summed E-state index contributed by atoms with van der Waals surface area (Å²) in [6.07, 6.45) is 0. The van der Waals surface area contributed by atoms with Gasteiger partial charge in [-0.1, -0.05) is 78.9 Å². The van der Waals surface area contributed by atoms with E-state index in [1.54, 1.807) is 11.3 Å². The van der Waals surface area contributed by atoms with Crippen molar-refractivity contribution in [1.82, 2.24) is 19.5 Å². The third-order valence-electron chi connectivity index (χ3n) is 6.13. The fourth-order valence-corrected chi connectivity index (χ4v) is 5.35. The van der Waals surface area contributed by atoms with Crippen molar-refractivity contribution in [1.29, 1.82) is 0 Å². The van der Waals surface area contributed by atoms with E-state index < -0.39 is 0 Å². The maximum Gasteiger partial charge on any atom is 0.238 e. The Kier molecular flexibility index (Phi) is 4.29. The number of hydrogen-bond acceptors (Lipinski definition) is 4. The number of benzene rings is 4. The van der Waals surface area contributed by atoms with Crippen molar-refractivity contribution in [3.8, 4) is 28.7 Å². The second-order valence-electron chi connectivity index (χ2n) is 8.20. The molecule has 0 spiro atoms. The molecule has 7 aromatic rings. The Labute approximate surface area is 199 Å². The van der Waals surface area contributed by atoms with Crippen LogP contribution in [0.2, 0.25) is 0 Å². The van der Waals surface area contributed by atoms with E-state index >= 15 is 0 Å². The topological polar surface area (TPSA) is 43.6 Å². The zero-order valence-corrected chi connectivity index (χ0v) is 18.9. The van der Waals surface area contributed by atoms with Crippen molar-refractivity contribution in [3.05, 3.63) is 109 Å². The summed E-state index contributed by atoms with van der Waals surface area (Å²) in [5, 5.41) is 5.76. The lowest BCUT2D eigenvalue weighted by atomic mass is 10.1. The Morgan fingerprint density at radius 1 is 0.559 bits per heavy atom. The molecule has 0 amide bonds. The molecule has 0 N–H and O–H groups in total. The molecule has 0 aliphatic heterocycles. The summed E-state index contributed by atoms with van der Waals surface area (Å²) in [5.41, 5.74) is 4.10. The first-order chi connectivity index (χ1) is 16.8. The van der Waals surface area contributed by atoms with Gasteiger partial charge in [-0.15, -0.1) is 11.3 Å². The quantitative estimate of drug-likeness (QED) is 0.277. The molecule has 3 heterocycles. The highest BCUT2D eigenvalue weighted by atomic mass is 32.1. The summed E-state index contributed by atoms with van der Waals surface area (Å²) in [6.45, 7) is 0. The Balaban J connectivity index is 1.59. The lowest BCUT2D eigenvalue weighted by Crippen LogP contribution is -2.06. The molecule has 5 heteroatoms. The van der Waals surface area contributed by atoms with Crippen molar-refractivity contribution in [2.45, 2.75) is 0 Å². The van der Waals surface area contributed by atoms with Crippen LogP contribution in [0, 0.1) is 0 Å². The van der Waals surface area contributed by atoms with E-state index in [1.165, 1.54) is 20.9 Å². The fourth-order valence-electron chi connectivity index (χ4n) is 4.54. The number of hydrogen-bond donors (Lipinski definition) is 0. The van der Waals surface area contributed by atoms with E-state index in [0.29, 0.717) is 17.6 Å². The monoisotopic (exact) mass is 454 g/mol. The molecular weight excluding hydrogens is 436 g/mol. The van der Waals surface area contributed by atoms with E-state index in [1.807, 2.05) is 60.7 Å². The Morgan fingerprint density at radius 2 is 1.21 bits per heavy atom. The molecule has 0 aliphatic rings. The van der Waals surface area contributed by atoms with Gasteiger partial charge in [-0.25, -0.2) is 4.98 Å². The van der Waals surface area contributed by atoms with E-state index in [-0.39, 0.29) is 0 Å². The average molecular weight is 455 g/mol. The van der Waals surface area contributed by atoms with Crippen molar-refractivity contribution < 1.29 is 0 Å². The standard InChI is InChI=1S/C29H18N4S/c1-3-9-19(10-4-1)27-30-28(20-11-5-2-6-12-20)32-29(31-27)33-24-14-8-7-13-22(24)23-18-26-21(15-16-34-26)17-25(23)33/h1-18H. The number of thiophene rings is 1. The first-order valence-electron chi connectivity index (χ1n) is 11.1. The lowest BCUT2D eigenvalue weighted by Gasteiger charge is -2.10. The predicted octanol–water partition coefficient (Wildman–Crippen LogP) is 7.52. The largest absolute Gasteiger partial charge is 0.278 e. The minimum absolute atomic E-state index is 0.619. The van der Waals surface area contributed by atoms with Gasteiger partial charge in [-0.3, -0.25) is 4.57 Å². The van der Waals surface area contributed by atoms with Gasteiger partial charge in [0.2, 0.25) is 5.95 Å². The Hall–Kier alpha value is -4.35. The van der Waals surface area contributed by atoms with Crippen molar-refractivity contribution in [2.24, 2.45) is 0 Å². The highest BCUT2D eigenvalue weighted by Gasteiger charge is 2.18. The number of fused-ring (bicyclic) bond motifs is 4. The maximum absolute atomic E-state index is 4.98. The van der Waals surface area contributed by atoms with Crippen LogP contribution in [0.1, 0.15) is 0 Å². The van der Waals surface area contributed by atoms with Crippen LogP contribution in [0.15, 0.2) is 109 Å². The predicted molar refractivity (Wildman–Crippen MR) is 140 cm³/mol. The summed E-state index contributed by atoms with van der Waals surface area (Å²) in [7, 11) is 0. The molecule has 4 aromatic carbocycles. The van der Waals surface area contributed by atoms with Gasteiger partial charge in [0.15, 0.2) is 11.6 Å². The smallest absolute Gasteiger partial charge is 0.238 e. The van der Waals surface area contributed by atoms with Gasteiger partial charge in [-0.2, -0.15) is 9.97 Å². The van der Waals surface area contributed by atoms with E-state index in [0.717, 1.165) is 22.2 Å². The summed E-state index contributed by atoms with van der Waals surface area (Å²) >= 11 is 1.76. The number of nitrogens with zero attached hydrogens (tertiary/aromatic N) is 4. The first kappa shape index (κ1) is 19.1. The molecule has 0 fully saturated rings. The maximum atomic E-state index is 4.98. The summed E-state index contributed by atoms with van der Waals surface area (Å²) in [5.74, 6) is 1.94. The SMILES string of the molecule is c1ccc(-c2nc(-c3ccccc3)nc(-n3c4ccccc4c4cc5sccc5cc43)n2)cc1. The zero-order chi connectivity index (χ0) is 22.5. The van der Waals surface area contributed by atoms with E-state index in [9.17, 15) is 0 Å². The van der Waals surface area contributed by atoms with E-state index in [2.05, 4.69) is 52.4 Å². The van der Waals surface area contributed by atoms with Crippen molar-refractivity contribution in [2.75, 3.05) is 0 Å². The number of rotatable bonds is 3. The van der Waals surface area contributed by atoms with Crippen LogP contribution in [-0.4, -0.2) is 19.5 Å². The third-order valence-corrected chi connectivity index (χ3v) is 7.01. The molecule has 4 nitrogen and oxygen atoms in total. The Bertz CT molecular complexity index is 1740. The average Bonchev–Trinajstić information content (AvgIpc) is 3.50. The van der Waals surface area contributed by atoms with Crippen LogP contribution >= 0.6 is 11.3 Å². The van der Waals surface area contributed by atoms with Gasteiger partial charge in [-0.05, 0) is 35.0 Å². The molecule has 0 saturated carbocycles. The van der Waals surface area contributed by atoms with Crippen LogP contribution in [0.3, 0.4) is 0 Å². The summed E-state index contributed by atoms with van der Waals surface area (Å²) < 4.78 is 3.45. The zero-order valence-electron chi connectivity index (χ0n) is 18.1. The molecule has 0 unspecified atom stereocenters. The van der Waals surface area contributed by atoms with Gasteiger partial charge in [0.05, 0.1) is 11.0 Å². The summed E-state index contributed by atoms with van der Waals surface area (Å²) in [4.78, 5) is 14.8. The fraction of sp³-hybridized carbons (Fsp3) is 0. The van der Waals surface area contributed by atoms with Gasteiger partial charge < -0.3 is 0 Å². The third kappa shape index (κ3) is 3.02. The molecule has 0 atom stereocenters. The minimum Gasteiger partial charge on any atom is -0.278 e. The van der Waals surface area contributed by atoms with Gasteiger partial charge >= 0.3 is 0 Å². The van der Waals surface area contributed by atoms with Gasteiger partial charge in [0, 0.05) is 26.6 Å². The Morgan fingerprint density at radius 3 is 1.91 bits per heavy atom. The normalized spacial score (nSPS) is 11.5. The molecule has 0 radical (unpaired) electrons. The van der Waals surface area contributed by atoms with Crippen LogP contribution in [0.25, 0.3) is 60.6 Å². The van der Waals surface area contributed by atoms with Crippen LogP contribution in [0.4, 0.5) is 0 Å². The molecule has 3 aromatic heterocycles. The summed E-state index contributed by atoms with van der Waals surface area (Å²) in [6, 6.07) is 35.3. The van der Waals surface area contributed by atoms with Crippen LogP contribution in [-0.2, 0) is 0 Å². The lowest BCUT2D eigenvalue weighted by molar-refractivity contribution is 0.954. The van der Waals surface area contributed by atoms with Crippen LogP contribution in [0.5, 0.6) is 0 Å². The van der Waals surface area contributed by atoms with Gasteiger partial charge in [0.1, 0.15) is 0 Å². The molecule has 34 heavy (non-hydrogen) atoms. The molecular formula is C29H18N4S. The second-order valence-corrected chi connectivity index (χ2v) is 9.14. The first-order valence-corrected chi connectivity index (χ1v) is 12.0.